The maximum Gasteiger partial charge on any atom is 0.230 e. The molecule has 8 nitrogen and oxygen atoms in total. The highest BCUT2D eigenvalue weighted by atomic mass is 32.1. The summed E-state index contributed by atoms with van der Waals surface area (Å²) in [5, 5.41) is 7.50. The normalized spacial score (nSPS) is 10.7. The molecule has 32 heavy (non-hydrogen) atoms. The summed E-state index contributed by atoms with van der Waals surface area (Å²) in [6.45, 7) is 1.45. The number of anilines is 2. The van der Waals surface area contributed by atoms with E-state index in [4.69, 9.17) is 14.5 Å². The Bertz CT molecular complexity index is 1280. The van der Waals surface area contributed by atoms with E-state index in [1.807, 2.05) is 34.2 Å². The fraction of sp³-hybridized carbons (Fsp3) is 0.174. The number of methoxy groups -OCH3 is 2. The molecule has 0 bridgehead atoms. The fourth-order valence-corrected chi connectivity index (χ4v) is 4.18. The lowest BCUT2D eigenvalue weighted by atomic mass is 10.1. The number of hydrogen-bond acceptors (Lipinski definition) is 6. The van der Waals surface area contributed by atoms with Gasteiger partial charge in [0.05, 0.1) is 26.3 Å². The molecule has 2 N–H and O–H groups in total. The second kappa shape index (κ2) is 9.11. The van der Waals surface area contributed by atoms with Gasteiger partial charge in [-0.3, -0.25) is 14.0 Å². The maximum atomic E-state index is 12.6. The number of fused-ring (bicyclic) bond motifs is 1. The Hall–Kier alpha value is -3.85. The van der Waals surface area contributed by atoms with Crippen LogP contribution in [0.1, 0.15) is 12.6 Å². The van der Waals surface area contributed by atoms with Gasteiger partial charge in [-0.1, -0.05) is 0 Å². The zero-order valence-electron chi connectivity index (χ0n) is 17.8. The van der Waals surface area contributed by atoms with Crippen molar-refractivity contribution in [2.75, 3.05) is 24.9 Å². The van der Waals surface area contributed by atoms with Crippen LogP contribution in [-0.4, -0.2) is 35.4 Å². The molecule has 164 valence electrons. The number of carbonyl (C=O) groups excluding carboxylic acids is 2. The monoisotopic (exact) mass is 450 g/mol. The SMILES string of the molecule is COc1ccc(OC)c(-c2cn3c(CC(=O)Nc4ccc(NC(C)=O)cc4)csc3n2)c1. The predicted molar refractivity (Wildman–Crippen MR) is 125 cm³/mol. The van der Waals surface area contributed by atoms with Crippen molar-refractivity contribution in [1.82, 2.24) is 9.38 Å². The minimum atomic E-state index is -0.147. The highest BCUT2D eigenvalue weighted by molar-refractivity contribution is 7.15. The van der Waals surface area contributed by atoms with Crippen LogP contribution in [0, 0.1) is 0 Å². The molecule has 0 aliphatic heterocycles. The number of amides is 2. The molecule has 0 spiro atoms. The van der Waals surface area contributed by atoms with Crippen LogP contribution in [0.4, 0.5) is 11.4 Å². The molecular weight excluding hydrogens is 428 g/mol. The van der Waals surface area contributed by atoms with Gasteiger partial charge in [0.2, 0.25) is 11.8 Å². The van der Waals surface area contributed by atoms with E-state index in [0.717, 1.165) is 21.9 Å². The van der Waals surface area contributed by atoms with E-state index >= 15 is 0 Å². The lowest BCUT2D eigenvalue weighted by Crippen LogP contribution is -2.15. The number of imidazole rings is 1. The van der Waals surface area contributed by atoms with Crippen molar-refractivity contribution in [2.45, 2.75) is 13.3 Å². The van der Waals surface area contributed by atoms with Crippen LogP contribution in [0.3, 0.4) is 0 Å². The van der Waals surface area contributed by atoms with Crippen LogP contribution in [0.2, 0.25) is 0 Å². The first-order chi connectivity index (χ1) is 15.5. The third kappa shape index (κ3) is 4.57. The van der Waals surface area contributed by atoms with Crippen molar-refractivity contribution in [1.29, 1.82) is 0 Å². The smallest absolute Gasteiger partial charge is 0.230 e. The summed E-state index contributed by atoms with van der Waals surface area (Å²) in [6, 6.07) is 12.5. The Morgan fingerprint density at radius 1 is 1.03 bits per heavy atom. The Balaban J connectivity index is 1.52. The summed E-state index contributed by atoms with van der Waals surface area (Å²) in [6.07, 6.45) is 2.09. The van der Waals surface area contributed by atoms with Gasteiger partial charge in [0.1, 0.15) is 11.5 Å². The average molecular weight is 451 g/mol. The summed E-state index contributed by atoms with van der Waals surface area (Å²) in [4.78, 5) is 29.2. The molecule has 0 saturated carbocycles. The molecule has 0 saturated heterocycles. The molecule has 2 aromatic carbocycles. The molecular formula is C23H22N4O4S. The van der Waals surface area contributed by atoms with Gasteiger partial charge in [-0.25, -0.2) is 4.98 Å². The molecule has 4 aromatic rings. The van der Waals surface area contributed by atoms with E-state index in [-0.39, 0.29) is 18.2 Å². The largest absolute Gasteiger partial charge is 0.497 e. The minimum absolute atomic E-state index is 0.144. The topological polar surface area (TPSA) is 94.0 Å². The van der Waals surface area contributed by atoms with Gasteiger partial charge in [-0.15, -0.1) is 11.3 Å². The zero-order chi connectivity index (χ0) is 22.7. The molecule has 2 aromatic heterocycles. The zero-order valence-corrected chi connectivity index (χ0v) is 18.7. The second-order valence-corrected chi connectivity index (χ2v) is 7.89. The molecule has 2 heterocycles. The lowest BCUT2D eigenvalue weighted by molar-refractivity contribution is -0.116. The average Bonchev–Trinajstić information content (AvgIpc) is 3.36. The van der Waals surface area contributed by atoms with E-state index in [2.05, 4.69) is 10.6 Å². The number of aromatic nitrogens is 2. The first kappa shape index (κ1) is 21.4. The quantitative estimate of drug-likeness (QED) is 0.440. The van der Waals surface area contributed by atoms with Crippen molar-refractivity contribution < 1.29 is 19.1 Å². The summed E-state index contributed by atoms with van der Waals surface area (Å²) in [5.74, 6) is 1.11. The Morgan fingerprint density at radius 2 is 1.75 bits per heavy atom. The Kier molecular flexibility index (Phi) is 6.09. The number of nitrogens with one attached hydrogen (secondary N) is 2. The highest BCUT2D eigenvalue weighted by Gasteiger charge is 2.16. The summed E-state index contributed by atoms with van der Waals surface area (Å²) in [7, 11) is 3.23. The van der Waals surface area contributed by atoms with Gasteiger partial charge in [-0.05, 0) is 42.5 Å². The number of ether oxygens (including phenoxy) is 2. The highest BCUT2D eigenvalue weighted by Crippen LogP contribution is 2.34. The van der Waals surface area contributed by atoms with Gasteiger partial charge >= 0.3 is 0 Å². The molecule has 0 unspecified atom stereocenters. The second-order valence-electron chi connectivity index (χ2n) is 7.06. The molecule has 2 amide bonds. The van der Waals surface area contributed by atoms with E-state index in [1.54, 1.807) is 38.5 Å². The third-order valence-corrected chi connectivity index (χ3v) is 5.69. The number of thiazole rings is 1. The summed E-state index contributed by atoms with van der Waals surface area (Å²) in [5.41, 5.74) is 3.72. The first-order valence-corrected chi connectivity index (χ1v) is 10.7. The van der Waals surface area contributed by atoms with Gasteiger partial charge in [0.15, 0.2) is 4.96 Å². The maximum absolute atomic E-state index is 12.6. The number of carbonyl (C=O) groups is 2. The van der Waals surface area contributed by atoms with Crippen molar-refractivity contribution in [3.05, 3.63) is 59.7 Å². The lowest BCUT2D eigenvalue weighted by Gasteiger charge is -2.08. The van der Waals surface area contributed by atoms with E-state index in [9.17, 15) is 9.59 Å². The molecule has 9 heteroatoms. The Labute approximate surface area is 188 Å². The van der Waals surface area contributed by atoms with Crippen molar-refractivity contribution in [3.63, 3.8) is 0 Å². The van der Waals surface area contributed by atoms with Crippen LogP contribution in [-0.2, 0) is 16.0 Å². The molecule has 0 aliphatic rings. The van der Waals surface area contributed by atoms with Crippen molar-refractivity contribution >= 4 is 39.5 Å². The molecule has 0 fully saturated rings. The number of benzene rings is 2. The standard InChI is InChI=1S/C23H22N4O4S/c1-14(28)24-15-4-6-16(7-5-15)25-22(29)10-17-13-32-23-26-20(12-27(17)23)19-11-18(30-2)8-9-21(19)31-3/h4-9,11-13H,10H2,1-3H3,(H,24,28)(H,25,29). The Morgan fingerprint density at radius 3 is 2.41 bits per heavy atom. The summed E-state index contributed by atoms with van der Waals surface area (Å²) >= 11 is 1.47. The number of rotatable bonds is 7. The van der Waals surface area contributed by atoms with Crippen LogP contribution in [0.15, 0.2) is 54.0 Å². The van der Waals surface area contributed by atoms with Gasteiger partial charge in [0.25, 0.3) is 0 Å². The van der Waals surface area contributed by atoms with Gasteiger partial charge < -0.3 is 20.1 Å². The number of nitrogens with zero attached hydrogens (tertiary/aromatic N) is 2. The third-order valence-electron chi connectivity index (χ3n) is 4.80. The van der Waals surface area contributed by atoms with Crippen molar-refractivity contribution in [2.24, 2.45) is 0 Å². The van der Waals surface area contributed by atoms with Gasteiger partial charge in [-0.2, -0.15) is 0 Å². The van der Waals surface area contributed by atoms with E-state index < -0.39 is 0 Å². The molecule has 0 atom stereocenters. The van der Waals surface area contributed by atoms with E-state index in [0.29, 0.717) is 22.9 Å². The van der Waals surface area contributed by atoms with Crippen LogP contribution >= 0.6 is 11.3 Å². The molecule has 0 radical (unpaired) electrons. The molecule has 4 rings (SSSR count). The predicted octanol–water partition coefficient (Wildman–Crippen LogP) is 4.22. The fourth-order valence-electron chi connectivity index (χ4n) is 3.31. The van der Waals surface area contributed by atoms with Crippen LogP contribution in [0.5, 0.6) is 11.5 Å². The van der Waals surface area contributed by atoms with Crippen molar-refractivity contribution in [3.8, 4) is 22.8 Å². The number of hydrogen-bond donors (Lipinski definition) is 2. The first-order valence-electron chi connectivity index (χ1n) is 9.82. The van der Waals surface area contributed by atoms with E-state index in [1.165, 1.54) is 18.3 Å². The van der Waals surface area contributed by atoms with Crippen LogP contribution in [0.25, 0.3) is 16.2 Å². The minimum Gasteiger partial charge on any atom is -0.497 e. The summed E-state index contributed by atoms with van der Waals surface area (Å²) < 4.78 is 12.7. The van der Waals surface area contributed by atoms with Crippen LogP contribution < -0.4 is 20.1 Å². The van der Waals surface area contributed by atoms with Gasteiger partial charge in [0, 0.05) is 41.1 Å². The molecule has 0 aliphatic carbocycles.